The number of rotatable bonds is 11. The van der Waals surface area contributed by atoms with Gasteiger partial charge in [-0.15, -0.1) is 0 Å². The van der Waals surface area contributed by atoms with Crippen LogP contribution in [0.4, 0.5) is 0 Å². The molecule has 0 aromatic heterocycles. The van der Waals surface area contributed by atoms with Gasteiger partial charge >= 0.3 is 0 Å². The standard InChI is InChI=1S/C33H34BrN3O4/c34-25-18-16-24(17-19-25)22-37(29(21-23-9-2-1-3-10-23)31(39)35-26-11-4-5-12-26)30(38)15-8-20-36-32(40)27-13-6-7-14-28(27)33(36)41/h1-3,6-7,9-10,13-14,16-19,26,29H,4-5,8,11-12,15,20-22H2,(H,35,39)/t29-/m0/s1. The van der Waals surface area contributed by atoms with Gasteiger partial charge in [-0.2, -0.15) is 0 Å². The van der Waals surface area contributed by atoms with Crippen LogP contribution in [0.25, 0.3) is 0 Å². The largest absolute Gasteiger partial charge is 0.352 e. The predicted octanol–water partition coefficient (Wildman–Crippen LogP) is 5.52. The number of nitrogens with one attached hydrogen (secondary N) is 1. The summed E-state index contributed by atoms with van der Waals surface area (Å²) in [4.78, 5) is 56.2. The molecule has 1 aliphatic carbocycles. The number of benzene rings is 3. The van der Waals surface area contributed by atoms with E-state index < -0.39 is 6.04 Å². The van der Waals surface area contributed by atoms with Crippen LogP contribution in [0.3, 0.4) is 0 Å². The zero-order valence-electron chi connectivity index (χ0n) is 22.9. The van der Waals surface area contributed by atoms with Crippen LogP contribution in [0.15, 0.2) is 83.3 Å². The van der Waals surface area contributed by atoms with Crippen molar-refractivity contribution in [2.24, 2.45) is 0 Å². The molecule has 1 atom stereocenters. The number of hydrogen-bond acceptors (Lipinski definition) is 4. The minimum Gasteiger partial charge on any atom is -0.352 e. The lowest BCUT2D eigenvalue weighted by Crippen LogP contribution is -2.52. The van der Waals surface area contributed by atoms with Crippen molar-refractivity contribution in [3.63, 3.8) is 0 Å². The molecule has 3 aromatic carbocycles. The van der Waals surface area contributed by atoms with E-state index >= 15 is 0 Å². The summed E-state index contributed by atoms with van der Waals surface area (Å²) in [6.07, 6.45) is 4.88. The van der Waals surface area contributed by atoms with E-state index in [1.807, 2.05) is 54.6 Å². The van der Waals surface area contributed by atoms with Crippen molar-refractivity contribution >= 4 is 39.6 Å². The van der Waals surface area contributed by atoms with Crippen molar-refractivity contribution in [2.75, 3.05) is 6.54 Å². The first-order chi connectivity index (χ1) is 19.9. The highest BCUT2D eigenvalue weighted by Gasteiger charge is 2.36. The van der Waals surface area contributed by atoms with Crippen LogP contribution in [0.5, 0.6) is 0 Å². The molecule has 4 amide bonds. The van der Waals surface area contributed by atoms with E-state index in [4.69, 9.17) is 0 Å². The lowest BCUT2D eigenvalue weighted by molar-refractivity contribution is -0.141. The zero-order valence-corrected chi connectivity index (χ0v) is 24.5. The first-order valence-corrected chi connectivity index (χ1v) is 15.0. The molecule has 8 heteroatoms. The van der Waals surface area contributed by atoms with Crippen LogP contribution in [0, 0.1) is 0 Å². The number of carbonyl (C=O) groups is 4. The summed E-state index contributed by atoms with van der Waals surface area (Å²) >= 11 is 3.47. The maximum absolute atomic E-state index is 13.9. The van der Waals surface area contributed by atoms with Gasteiger partial charge in [0.05, 0.1) is 11.1 Å². The number of nitrogens with zero attached hydrogens (tertiary/aromatic N) is 2. The Morgan fingerprint density at radius 2 is 1.46 bits per heavy atom. The fourth-order valence-corrected chi connectivity index (χ4v) is 5.95. The van der Waals surface area contributed by atoms with E-state index in [2.05, 4.69) is 21.2 Å². The average molecular weight is 617 g/mol. The van der Waals surface area contributed by atoms with E-state index in [-0.39, 0.29) is 49.2 Å². The fourth-order valence-electron chi connectivity index (χ4n) is 5.68. The minimum absolute atomic E-state index is 0.103. The molecule has 1 fully saturated rings. The van der Waals surface area contributed by atoms with Crippen LogP contribution < -0.4 is 5.32 Å². The summed E-state index contributed by atoms with van der Waals surface area (Å²) in [7, 11) is 0. The van der Waals surface area contributed by atoms with Gasteiger partial charge in [0.2, 0.25) is 11.8 Å². The van der Waals surface area contributed by atoms with Gasteiger partial charge in [-0.1, -0.05) is 83.4 Å². The molecule has 212 valence electrons. The third-order valence-electron chi connectivity index (χ3n) is 7.89. The Bertz CT molecular complexity index is 1370. The Morgan fingerprint density at radius 1 is 0.854 bits per heavy atom. The molecule has 41 heavy (non-hydrogen) atoms. The highest BCUT2D eigenvalue weighted by molar-refractivity contribution is 9.10. The predicted molar refractivity (Wildman–Crippen MR) is 160 cm³/mol. The first-order valence-electron chi connectivity index (χ1n) is 14.2. The topological polar surface area (TPSA) is 86.8 Å². The molecular formula is C33H34BrN3O4. The van der Waals surface area contributed by atoms with Gasteiger partial charge in [-0.05, 0) is 54.7 Å². The lowest BCUT2D eigenvalue weighted by atomic mass is 10.0. The number of halogens is 1. The van der Waals surface area contributed by atoms with Crippen LogP contribution in [-0.4, -0.2) is 52.1 Å². The van der Waals surface area contributed by atoms with Crippen molar-refractivity contribution in [3.05, 3.63) is 106 Å². The highest BCUT2D eigenvalue weighted by atomic mass is 79.9. The SMILES string of the molecule is O=C(NC1CCCC1)[C@H](Cc1ccccc1)N(Cc1ccc(Br)cc1)C(=O)CCCN1C(=O)c2ccccc2C1=O. The van der Waals surface area contributed by atoms with Gasteiger partial charge in [-0.25, -0.2) is 0 Å². The molecule has 0 saturated heterocycles. The zero-order chi connectivity index (χ0) is 28.8. The minimum atomic E-state index is -0.701. The second kappa shape index (κ2) is 13.3. The highest BCUT2D eigenvalue weighted by Crippen LogP contribution is 2.24. The maximum Gasteiger partial charge on any atom is 0.261 e. The number of fused-ring (bicyclic) bond motifs is 1. The van der Waals surface area contributed by atoms with Gasteiger partial charge in [0.1, 0.15) is 6.04 Å². The van der Waals surface area contributed by atoms with Crippen LogP contribution in [-0.2, 0) is 22.6 Å². The second-order valence-electron chi connectivity index (χ2n) is 10.8. The van der Waals surface area contributed by atoms with Crippen molar-refractivity contribution in [1.82, 2.24) is 15.1 Å². The summed E-state index contributed by atoms with van der Waals surface area (Å²) in [5.41, 5.74) is 2.67. The maximum atomic E-state index is 13.9. The van der Waals surface area contributed by atoms with Gasteiger partial charge in [0.15, 0.2) is 0 Å². The molecule has 0 radical (unpaired) electrons. The van der Waals surface area contributed by atoms with Gasteiger partial charge < -0.3 is 10.2 Å². The van der Waals surface area contributed by atoms with Crippen molar-refractivity contribution < 1.29 is 19.2 Å². The summed E-state index contributed by atoms with van der Waals surface area (Å²) in [5.74, 6) is -0.996. The number of carbonyl (C=O) groups excluding carboxylic acids is 4. The van der Waals surface area contributed by atoms with Crippen molar-refractivity contribution in [3.8, 4) is 0 Å². The summed E-state index contributed by atoms with van der Waals surface area (Å²) in [6, 6.07) is 23.7. The second-order valence-corrected chi connectivity index (χ2v) is 11.7. The summed E-state index contributed by atoms with van der Waals surface area (Å²) in [6.45, 7) is 0.413. The molecule has 1 aliphatic heterocycles. The van der Waals surface area contributed by atoms with E-state index in [0.717, 1.165) is 41.3 Å². The van der Waals surface area contributed by atoms with Gasteiger partial charge in [0.25, 0.3) is 11.8 Å². The molecule has 0 spiro atoms. The van der Waals surface area contributed by atoms with Gasteiger partial charge in [-0.3, -0.25) is 24.1 Å². The molecule has 1 heterocycles. The first kappa shape index (κ1) is 28.7. The monoisotopic (exact) mass is 615 g/mol. The average Bonchev–Trinajstić information content (AvgIpc) is 3.58. The molecule has 7 nitrogen and oxygen atoms in total. The molecule has 2 aliphatic rings. The third kappa shape index (κ3) is 6.93. The Labute approximate surface area is 249 Å². The van der Waals surface area contributed by atoms with Crippen LogP contribution in [0.2, 0.25) is 0 Å². The number of hydrogen-bond donors (Lipinski definition) is 1. The molecule has 1 N–H and O–H groups in total. The Morgan fingerprint density at radius 3 is 2.10 bits per heavy atom. The molecule has 0 unspecified atom stereocenters. The van der Waals surface area contributed by atoms with E-state index in [0.29, 0.717) is 24.0 Å². The lowest BCUT2D eigenvalue weighted by Gasteiger charge is -2.32. The summed E-state index contributed by atoms with van der Waals surface area (Å²) in [5, 5.41) is 3.21. The third-order valence-corrected chi connectivity index (χ3v) is 8.42. The summed E-state index contributed by atoms with van der Waals surface area (Å²) < 4.78 is 0.930. The van der Waals surface area contributed by atoms with Crippen molar-refractivity contribution in [1.29, 1.82) is 0 Å². The molecule has 1 saturated carbocycles. The normalized spacial score (nSPS) is 15.6. The Balaban J connectivity index is 1.35. The Kier molecular flexibility index (Phi) is 9.29. The number of imide groups is 1. The molecule has 5 rings (SSSR count). The van der Waals surface area contributed by atoms with Crippen LogP contribution >= 0.6 is 15.9 Å². The smallest absolute Gasteiger partial charge is 0.261 e. The molecular weight excluding hydrogens is 582 g/mol. The quantitative estimate of drug-likeness (QED) is 0.288. The molecule has 0 bridgehead atoms. The van der Waals surface area contributed by atoms with Gasteiger partial charge in [0, 0.05) is 36.4 Å². The molecule has 3 aromatic rings. The number of amides is 4. The fraction of sp³-hybridized carbons (Fsp3) is 0.333. The van der Waals surface area contributed by atoms with E-state index in [9.17, 15) is 19.2 Å². The van der Waals surface area contributed by atoms with Crippen molar-refractivity contribution in [2.45, 2.75) is 63.6 Å². The Hall–Kier alpha value is -3.78. The van der Waals surface area contributed by atoms with Crippen LogP contribution in [0.1, 0.15) is 70.4 Å². The van der Waals surface area contributed by atoms with E-state index in [1.165, 1.54) is 4.90 Å². The van der Waals surface area contributed by atoms with E-state index in [1.54, 1.807) is 29.2 Å².